The first kappa shape index (κ1) is 8.52. The van der Waals surface area contributed by atoms with Crippen LogP contribution in [0.3, 0.4) is 0 Å². The van der Waals surface area contributed by atoms with Crippen LogP contribution in [0.25, 0.3) is 0 Å². The highest BCUT2D eigenvalue weighted by Gasteiger charge is 1.94. The molecular formula is C8H13O. The summed E-state index contributed by atoms with van der Waals surface area (Å²) in [7, 11) is 0. The van der Waals surface area contributed by atoms with Crippen molar-refractivity contribution in [3.8, 4) is 12.3 Å². The third-order valence-corrected chi connectivity index (χ3v) is 1.06. The molecule has 1 atom stereocenters. The second kappa shape index (κ2) is 5.65. The number of rotatable bonds is 4. The first-order valence-corrected chi connectivity index (χ1v) is 3.15. The molecular weight excluding hydrogens is 112 g/mol. The molecule has 1 heteroatoms. The number of ether oxygens (including phenoxy) is 1. The fourth-order valence-electron chi connectivity index (χ4n) is 0.402. The monoisotopic (exact) mass is 125 g/mol. The molecule has 1 unspecified atom stereocenters. The molecule has 0 aliphatic carbocycles. The maximum absolute atomic E-state index is 5.23. The van der Waals surface area contributed by atoms with Gasteiger partial charge in [-0.2, -0.15) is 0 Å². The van der Waals surface area contributed by atoms with Gasteiger partial charge >= 0.3 is 0 Å². The standard InChI is InChI=1S/C8H13O/c1-4-6-7-9-8(3)5-2/h1,8H,2,5-7H2,3H3. The maximum Gasteiger partial charge on any atom is 0.0579 e. The van der Waals surface area contributed by atoms with E-state index in [9.17, 15) is 0 Å². The van der Waals surface area contributed by atoms with Crippen molar-refractivity contribution in [1.82, 2.24) is 0 Å². The summed E-state index contributed by atoms with van der Waals surface area (Å²) in [4.78, 5) is 0. The molecule has 0 N–H and O–H groups in total. The van der Waals surface area contributed by atoms with Crippen LogP contribution in [-0.4, -0.2) is 12.7 Å². The van der Waals surface area contributed by atoms with Gasteiger partial charge in [-0.1, -0.05) is 6.92 Å². The van der Waals surface area contributed by atoms with E-state index in [1.54, 1.807) is 0 Å². The molecule has 0 bridgehead atoms. The molecule has 0 rings (SSSR count). The minimum absolute atomic E-state index is 0.248. The molecule has 1 radical (unpaired) electrons. The van der Waals surface area contributed by atoms with Gasteiger partial charge in [0.15, 0.2) is 0 Å². The van der Waals surface area contributed by atoms with E-state index in [1.165, 1.54) is 0 Å². The van der Waals surface area contributed by atoms with Crippen molar-refractivity contribution < 1.29 is 4.74 Å². The van der Waals surface area contributed by atoms with Gasteiger partial charge in [-0.15, -0.1) is 12.3 Å². The Kier molecular flexibility index (Phi) is 5.35. The second-order valence-electron chi connectivity index (χ2n) is 1.92. The molecule has 0 heterocycles. The van der Waals surface area contributed by atoms with Crippen LogP contribution in [0.15, 0.2) is 0 Å². The van der Waals surface area contributed by atoms with Crippen LogP contribution in [0.5, 0.6) is 0 Å². The zero-order chi connectivity index (χ0) is 7.11. The van der Waals surface area contributed by atoms with E-state index < -0.39 is 0 Å². The quantitative estimate of drug-likeness (QED) is 0.410. The number of hydrogen-bond donors (Lipinski definition) is 0. The number of hydrogen-bond acceptors (Lipinski definition) is 1. The van der Waals surface area contributed by atoms with E-state index in [0.717, 1.165) is 6.42 Å². The van der Waals surface area contributed by atoms with E-state index in [-0.39, 0.29) is 6.10 Å². The molecule has 0 fully saturated rings. The van der Waals surface area contributed by atoms with Gasteiger partial charge in [0.05, 0.1) is 12.7 Å². The van der Waals surface area contributed by atoms with Crippen molar-refractivity contribution in [2.75, 3.05) is 6.61 Å². The highest BCUT2D eigenvalue weighted by molar-refractivity contribution is 4.82. The third-order valence-electron chi connectivity index (χ3n) is 1.06. The average Bonchev–Trinajstić information content (AvgIpc) is 1.89. The van der Waals surface area contributed by atoms with E-state index in [0.29, 0.717) is 13.0 Å². The summed E-state index contributed by atoms with van der Waals surface area (Å²) >= 11 is 0. The Labute approximate surface area is 57.4 Å². The van der Waals surface area contributed by atoms with E-state index in [4.69, 9.17) is 11.2 Å². The van der Waals surface area contributed by atoms with Crippen molar-refractivity contribution in [2.24, 2.45) is 0 Å². The fourth-order valence-corrected chi connectivity index (χ4v) is 0.402. The van der Waals surface area contributed by atoms with Crippen LogP contribution in [0.1, 0.15) is 19.8 Å². The summed E-state index contributed by atoms with van der Waals surface area (Å²) in [6.07, 6.45) is 6.77. The lowest BCUT2D eigenvalue weighted by Gasteiger charge is -2.07. The van der Waals surface area contributed by atoms with Gasteiger partial charge in [-0.25, -0.2) is 0 Å². The summed E-state index contributed by atoms with van der Waals surface area (Å²) in [6.45, 7) is 6.34. The van der Waals surface area contributed by atoms with Crippen molar-refractivity contribution in [2.45, 2.75) is 25.9 Å². The molecule has 0 amide bonds. The van der Waals surface area contributed by atoms with Crippen molar-refractivity contribution in [3.05, 3.63) is 6.92 Å². The van der Waals surface area contributed by atoms with Crippen LogP contribution < -0.4 is 0 Å². The van der Waals surface area contributed by atoms with Crippen LogP contribution in [0, 0.1) is 19.3 Å². The zero-order valence-electron chi connectivity index (χ0n) is 5.89. The fraction of sp³-hybridized carbons (Fsp3) is 0.625. The minimum Gasteiger partial charge on any atom is -0.378 e. The summed E-state index contributed by atoms with van der Waals surface area (Å²) in [6, 6.07) is 0. The van der Waals surface area contributed by atoms with E-state index in [2.05, 4.69) is 12.8 Å². The Bertz CT molecular complexity index is 91.2. The van der Waals surface area contributed by atoms with Gasteiger partial charge in [0, 0.05) is 6.42 Å². The lowest BCUT2D eigenvalue weighted by Crippen LogP contribution is -2.06. The first-order chi connectivity index (χ1) is 4.31. The van der Waals surface area contributed by atoms with Crippen LogP contribution in [0.2, 0.25) is 0 Å². The van der Waals surface area contributed by atoms with Crippen LogP contribution in [0.4, 0.5) is 0 Å². The molecule has 1 nitrogen and oxygen atoms in total. The molecule has 0 aromatic heterocycles. The van der Waals surface area contributed by atoms with Crippen molar-refractivity contribution in [1.29, 1.82) is 0 Å². The summed E-state index contributed by atoms with van der Waals surface area (Å²) in [5.41, 5.74) is 0. The highest BCUT2D eigenvalue weighted by atomic mass is 16.5. The Morgan fingerprint density at radius 2 is 2.44 bits per heavy atom. The predicted molar refractivity (Wildman–Crippen MR) is 38.8 cm³/mol. The first-order valence-electron chi connectivity index (χ1n) is 3.15. The number of terminal acetylenes is 1. The molecule has 0 saturated carbocycles. The Morgan fingerprint density at radius 1 is 1.78 bits per heavy atom. The zero-order valence-corrected chi connectivity index (χ0v) is 5.89. The predicted octanol–water partition coefficient (Wildman–Crippen LogP) is 1.64. The molecule has 0 saturated heterocycles. The molecule has 0 aromatic rings. The summed E-state index contributed by atoms with van der Waals surface area (Å²) < 4.78 is 5.23. The SMILES string of the molecule is C#CCCOC(C)C[CH2]. The Hall–Kier alpha value is -0.480. The van der Waals surface area contributed by atoms with Gasteiger partial charge in [-0.05, 0) is 13.3 Å². The summed E-state index contributed by atoms with van der Waals surface area (Å²) in [5, 5.41) is 0. The normalized spacial score (nSPS) is 12.6. The molecule has 0 aliphatic heterocycles. The average molecular weight is 125 g/mol. The van der Waals surface area contributed by atoms with E-state index >= 15 is 0 Å². The van der Waals surface area contributed by atoms with Crippen molar-refractivity contribution >= 4 is 0 Å². The van der Waals surface area contributed by atoms with Gasteiger partial charge in [0.25, 0.3) is 0 Å². The lowest BCUT2D eigenvalue weighted by atomic mass is 10.3. The smallest absolute Gasteiger partial charge is 0.0579 e. The molecule has 9 heavy (non-hydrogen) atoms. The van der Waals surface area contributed by atoms with Gasteiger partial charge in [0.2, 0.25) is 0 Å². The summed E-state index contributed by atoms with van der Waals surface area (Å²) in [5.74, 6) is 2.50. The Balaban J connectivity index is 2.99. The topological polar surface area (TPSA) is 9.23 Å². The maximum atomic E-state index is 5.23. The minimum atomic E-state index is 0.248. The lowest BCUT2D eigenvalue weighted by molar-refractivity contribution is 0.0722. The molecule has 0 spiro atoms. The van der Waals surface area contributed by atoms with Crippen LogP contribution in [-0.2, 0) is 4.74 Å². The second-order valence-corrected chi connectivity index (χ2v) is 1.92. The van der Waals surface area contributed by atoms with E-state index in [1.807, 2.05) is 6.92 Å². The van der Waals surface area contributed by atoms with Gasteiger partial charge in [-0.3, -0.25) is 0 Å². The van der Waals surface area contributed by atoms with Crippen LogP contribution >= 0.6 is 0 Å². The molecule has 0 aromatic carbocycles. The largest absolute Gasteiger partial charge is 0.378 e. The molecule has 0 aliphatic rings. The Morgan fingerprint density at radius 3 is 2.89 bits per heavy atom. The van der Waals surface area contributed by atoms with Gasteiger partial charge < -0.3 is 4.74 Å². The van der Waals surface area contributed by atoms with Gasteiger partial charge in [0.1, 0.15) is 0 Å². The third kappa shape index (κ3) is 5.39. The van der Waals surface area contributed by atoms with Crippen molar-refractivity contribution in [3.63, 3.8) is 0 Å². The highest BCUT2D eigenvalue weighted by Crippen LogP contribution is 1.95. The molecule has 51 valence electrons.